The number of sulfone groups is 1. The van der Waals surface area contributed by atoms with Gasteiger partial charge in [-0.3, -0.25) is 4.79 Å². The average molecular weight is 270 g/mol. The molecule has 100 valence electrons. The maximum atomic E-state index is 12.3. The first kappa shape index (κ1) is 13.4. The van der Waals surface area contributed by atoms with Gasteiger partial charge in [0.2, 0.25) is 5.91 Å². The highest BCUT2D eigenvalue weighted by molar-refractivity contribution is 7.91. The summed E-state index contributed by atoms with van der Waals surface area (Å²) >= 11 is 0. The van der Waals surface area contributed by atoms with Crippen molar-refractivity contribution in [2.75, 3.05) is 24.6 Å². The summed E-state index contributed by atoms with van der Waals surface area (Å²) in [6, 6.07) is -0.442. The maximum absolute atomic E-state index is 12.3. The minimum atomic E-state index is -3.00. The summed E-state index contributed by atoms with van der Waals surface area (Å²) < 4.78 is 23.0. The molecule has 2 heterocycles. The Hall–Kier alpha value is -1.06. The quantitative estimate of drug-likeness (QED) is 0.695. The largest absolute Gasteiger partial charge is 0.326 e. The van der Waals surface area contributed by atoms with Gasteiger partial charge < -0.3 is 10.2 Å². The van der Waals surface area contributed by atoms with Crippen LogP contribution in [0.25, 0.3) is 0 Å². The molecule has 2 saturated heterocycles. The van der Waals surface area contributed by atoms with Crippen LogP contribution in [0.15, 0.2) is 0 Å². The number of hydrogen-bond acceptors (Lipinski definition) is 4. The topological polar surface area (TPSA) is 66.5 Å². The van der Waals surface area contributed by atoms with E-state index in [2.05, 4.69) is 11.2 Å². The fourth-order valence-electron chi connectivity index (χ4n) is 2.60. The zero-order valence-corrected chi connectivity index (χ0v) is 11.1. The van der Waals surface area contributed by atoms with Crippen molar-refractivity contribution in [2.45, 2.75) is 31.3 Å². The minimum Gasteiger partial charge on any atom is -0.326 e. The van der Waals surface area contributed by atoms with Crippen molar-refractivity contribution in [2.24, 2.45) is 0 Å². The molecule has 0 bridgehead atoms. The van der Waals surface area contributed by atoms with E-state index in [1.807, 2.05) is 0 Å². The normalized spacial score (nSPS) is 29.9. The van der Waals surface area contributed by atoms with E-state index < -0.39 is 9.84 Å². The van der Waals surface area contributed by atoms with Gasteiger partial charge in [-0.05, 0) is 25.8 Å². The molecule has 5 nitrogen and oxygen atoms in total. The second-order valence-corrected chi connectivity index (χ2v) is 7.10. The molecule has 2 rings (SSSR count). The van der Waals surface area contributed by atoms with Gasteiger partial charge in [-0.2, -0.15) is 0 Å². The molecule has 2 aliphatic rings. The number of hydrogen-bond donors (Lipinski definition) is 1. The van der Waals surface area contributed by atoms with Crippen LogP contribution in [-0.2, 0) is 14.6 Å². The summed E-state index contributed by atoms with van der Waals surface area (Å²) in [5.41, 5.74) is 0. The summed E-state index contributed by atoms with van der Waals surface area (Å²) in [6.45, 7) is 1.03. The van der Waals surface area contributed by atoms with Crippen LogP contribution in [0.1, 0.15) is 19.3 Å². The number of terminal acetylenes is 1. The van der Waals surface area contributed by atoms with Crippen molar-refractivity contribution >= 4 is 15.7 Å². The highest BCUT2D eigenvalue weighted by Gasteiger charge is 2.37. The molecule has 0 aromatic heterocycles. The molecule has 0 spiro atoms. The first-order valence-electron chi connectivity index (χ1n) is 6.21. The Morgan fingerprint density at radius 3 is 2.72 bits per heavy atom. The molecular weight excluding hydrogens is 252 g/mol. The second kappa shape index (κ2) is 5.29. The lowest BCUT2D eigenvalue weighted by atomic mass is 10.1. The average Bonchev–Trinajstić information content (AvgIpc) is 2.94. The van der Waals surface area contributed by atoms with Crippen molar-refractivity contribution in [1.29, 1.82) is 0 Å². The lowest BCUT2D eigenvalue weighted by Crippen LogP contribution is -2.49. The summed E-state index contributed by atoms with van der Waals surface area (Å²) in [7, 11) is -3.00. The Morgan fingerprint density at radius 2 is 2.22 bits per heavy atom. The summed E-state index contributed by atoms with van der Waals surface area (Å²) in [4.78, 5) is 13.9. The molecule has 0 aromatic carbocycles. The Balaban J connectivity index is 2.08. The van der Waals surface area contributed by atoms with E-state index in [1.165, 1.54) is 0 Å². The van der Waals surface area contributed by atoms with Crippen LogP contribution in [0, 0.1) is 12.3 Å². The van der Waals surface area contributed by atoms with E-state index in [9.17, 15) is 13.2 Å². The lowest BCUT2D eigenvalue weighted by molar-refractivity contribution is -0.134. The number of nitrogens with zero attached hydrogens (tertiary/aromatic N) is 1. The van der Waals surface area contributed by atoms with Crippen LogP contribution in [0.3, 0.4) is 0 Å². The van der Waals surface area contributed by atoms with Crippen molar-refractivity contribution in [1.82, 2.24) is 10.2 Å². The molecule has 0 aliphatic carbocycles. The lowest BCUT2D eigenvalue weighted by Gasteiger charge is -2.28. The molecule has 1 amide bonds. The van der Waals surface area contributed by atoms with Crippen molar-refractivity contribution < 1.29 is 13.2 Å². The third-order valence-electron chi connectivity index (χ3n) is 3.55. The van der Waals surface area contributed by atoms with Gasteiger partial charge in [0.1, 0.15) is 0 Å². The molecule has 6 heteroatoms. The van der Waals surface area contributed by atoms with Crippen LogP contribution in [0.4, 0.5) is 0 Å². The predicted octanol–water partition coefficient (Wildman–Crippen LogP) is -0.613. The summed E-state index contributed by atoms with van der Waals surface area (Å²) in [5.74, 6) is 2.62. The second-order valence-electron chi connectivity index (χ2n) is 4.88. The minimum absolute atomic E-state index is 0.0486. The zero-order chi connectivity index (χ0) is 13.2. The molecule has 2 aliphatic heterocycles. The molecule has 0 radical (unpaired) electrons. The Morgan fingerprint density at radius 1 is 1.44 bits per heavy atom. The van der Waals surface area contributed by atoms with E-state index in [4.69, 9.17) is 6.42 Å². The molecule has 2 fully saturated rings. The van der Waals surface area contributed by atoms with Crippen LogP contribution < -0.4 is 5.32 Å². The van der Waals surface area contributed by atoms with Gasteiger partial charge in [0.25, 0.3) is 0 Å². The molecule has 1 N–H and O–H groups in total. The Kier molecular flexibility index (Phi) is 3.93. The van der Waals surface area contributed by atoms with Crippen LogP contribution in [0.2, 0.25) is 0 Å². The van der Waals surface area contributed by atoms with Crippen molar-refractivity contribution in [3.05, 3.63) is 0 Å². The Labute approximate surface area is 108 Å². The predicted molar refractivity (Wildman–Crippen MR) is 68.6 cm³/mol. The Bertz CT molecular complexity index is 460. The van der Waals surface area contributed by atoms with Gasteiger partial charge in [-0.15, -0.1) is 6.42 Å². The number of rotatable bonds is 3. The van der Waals surface area contributed by atoms with E-state index >= 15 is 0 Å². The zero-order valence-electron chi connectivity index (χ0n) is 10.3. The SMILES string of the molecule is C#CCN(C(=O)[C@@H]1CCCN1)C1CCS(=O)(=O)C1. The van der Waals surface area contributed by atoms with Gasteiger partial charge in [-0.1, -0.05) is 5.92 Å². The smallest absolute Gasteiger partial charge is 0.240 e. The molecule has 2 atom stereocenters. The maximum Gasteiger partial charge on any atom is 0.240 e. The summed E-state index contributed by atoms with van der Waals surface area (Å²) in [5, 5.41) is 3.13. The monoisotopic (exact) mass is 270 g/mol. The van der Waals surface area contributed by atoms with Crippen LogP contribution in [0.5, 0.6) is 0 Å². The number of nitrogens with one attached hydrogen (secondary N) is 1. The molecule has 18 heavy (non-hydrogen) atoms. The van der Waals surface area contributed by atoms with E-state index in [0.29, 0.717) is 6.42 Å². The standard InChI is InChI=1S/C12H18N2O3S/c1-2-7-14(10-5-8-18(16,17)9-10)12(15)11-4-3-6-13-11/h1,10-11,13H,3-9H2/t10?,11-/m0/s1. The molecular formula is C12H18N2O3S. The van der Waals surface area contributed by atoms with Crippen molar-refractivity contribution in [3.63, 3.8) is 0 Å². The fourth-order valence-corrected chi connectivity index (χ4v) is 4.33. The molecule has 0 saturated carbocycles. The van der Waals surface area contributed by atoms with Gasteiger partial charge in [0.05, 0.1) is 24.1 Å². The summed E-state index contributed by atoms with van der Waals surface area (Å²) in [6.07, 6.45) is 7.57. The first-order chi connectivity index (χ1) is 8.53. The van der Waals surface area contributed by atoms with Crippen LogP contribution >= 0.6 is 0 Å². The fraction of sp³-hybridized carbons (Fsp3) is 0.750. The van der Waals surface area contributed by atoms with E-state index in [0.717, 1.165) is 19.4 Å². The number of amides is 1. The van der Waals surface area contributed by atoms with Crippen molar-refractivity contribution in [3.8, 4) is 12.3 Å². The number of carbonyl (C=O) groups is 1. The third-order valence-corrected chi connectivity index (χ3v) is 5.30. The van der Waals surface area contributed by atoms with E-state index in [-0.39, 0.29) is 36.0 Å². The first-order valence-corrected chi connectivity index (χ1v) is 8.03. The van der Waals surface area contributed by atoms with Gasteiger partial charge >= 0.3 is 0 Å². The highest BCUT2D eigenvalue weighted by atomic mass is 32.2. The van der Waals surface area contributed by atoms with Gasteiger partial charge in [-0.25, -0.2) is 8.42 Å². The molecule has 1 unspecified atom stereocenters. The van der Waals surface area contributed by atoms with Crippen LogP contribution in [-0.4, -0.2) is 55.9 Å². The van der Waals surface area contributed by atoms with Gasteiger partial charge in [0, 0.05) is 6.04 Å². The van der Waals surface area contributed by atoms with Gasteiger partial charge in [0.15, 0.2) is 9.84 Å². The highest BCUT2D eigenvalue weighted by Crippen LogP contribution is 2.20. The van der Waals surface area contributed by atoms with E-state index in [1.54, 1.807) is 4.90 Å². The number of carbonyl (C=O) groups excluding carboxylic acids is 1. The molecule has 0 aromatic rings. The third kappa shape index (κ3) is 2.85.